The van der Waals surface area contributed by atoms with Crippen molar-refractivity contribution < 1.29 is 9.59 Å². The Morgan fingerprint density at radius 1 is 1.29 bits per heavy atom. The van der Waals surface area contributed by atoms with Crippen LogP contribution in [0.5, 0.6) is 0 Å². The molecule has 3 rings (SSSR count). The predicted molar refractivity (Wildman–Crippen MR) is 85.2 cm³/mol. The SMILES string of the molecule is CCSCCN1C(=O)C2(CCCC2)NC(=O)C1(C)C1CC1. The number of thioether (sulfide) groups is 1. The van der Waals surface area contributed by atoms with Crippen molar-refractivity contribution in [2.75, 3.05) is 18.1 Å². The maximum Gasteiger partial charge on any atom is 0.249 e. The Bertz CT molecular complexity index is 444. The number of carbonyl (C=O) groups is 2. The first-order valence-electron chi connectivity index (χ1n) is 8.27. The molecule has 0 radical (unpaired) electrons. The Balaban J connectivity index is 1.87. The van der Waals surface area contributed by atoms with Gasteiger partial charge in [0.15, 0.2) is 0 Å². The van der Waals surface area contributed by atoms with Gasteiger partial charge in [0.25, 0.3) is 0 Å². The van der Waals surface area contributed by atoms with Crippen LogP contribution in [0, 0.1) is 5.92 Å². The predicted octanol–water partition coefficient (Wildman–Crippen LogP) is 2.18. The van der Waals surface area contributed by atoms with Gasteiger partial charge in [-0.05, 0) is 44.3 Å². The Morgan fingerprint density at radius 3 is 2.52 bits per heavy atom. The van der Waals surface area contributed by atoms with Gasteiger partial charge < -0.3 is 10.2 Å². The van der Waals surface area contributed by atoms with Crippen LogP contribution < -0.4 is 5.32 Å². The fourth-order valence-electron chi connectivity index (χ4n) is 3.99. The third-order valence-corrected chi connectivity index (χ3v) is 6.40. The summed E-state index contributed by atoms with van der Waals surface area (Å²) in [4.78, 5) is 27.9. The van der Waals surface area contributed by atoms with Crippen molar-refractivity contribution in [1.82, 2.24) is 10.2 Å². The smallest absolute Gasteiger partial charge is 0.249 e. The molecule has 2 saturated carbocycles. The number of hydrogen-bond donors (Lipinski definition) is 1. The molecule has 1 saturated heterocycles. The summed E-state index contributed by atoms with van der Waals surface area (Å²) in [6.45, 7) is 4.82. The standard InChI is InChI=1S/C16H26N2O2S/c1-3-21-11-10-18-14(20)16(8-4-5-9-16)17-13(19)15(18,2)12-6-7-12/h12H,3-11H2,1-2H3,(H,17,19). The van der Waals surface area contributed by atoms with Gasteiger partial charge in [-0.15, -0.1) is 0 Å². The van der Waals surface area contributed by atoms with Gasteiger partial charge in [0.2, 0.25) is 11.8 Å². The second-order valence-electron chi connectivity index (χ2n) is 6.82. The topological polar surface area (TPSA) is 49.4 Å². The van der Waals surface area contributed by atoms with Crippen LogP contribution >= 0.6 is 11.8 Å². The molecule has 3 aliphatic rings. The highest BCUT2D eigenvalue weighted by molar-refractivity contribution is 7.99. The van der Waals surface area contributed by atoms with Crippen LogP contribution in [-0.2, 0) is 9.59 Å². The summed E-state index contributed by atoms with van der Waals surface area (Å²) in [5.41, 5.74) is -1.19. The average Bonchev–Trinajstić information content (AvgIpc) is 3.22. The van der Waals surface area contributed by atoms with E-state index in [1.54, 1.807) is 0 Å². The van der Waals surface area contributed by atoms with Crippen molar-refractivity contribution in [3.63, 3.8) is 0 Å². The Morgan fingerprint density at radius 2 is 1.95 bits per heavy atom. The maximum atomic E-state index is 13.1. The van der Waals surface area contributed by atoms with E-state index in [1.165, 1.54) is 0 Å². The summed E-state index contributed by atoms with van der Waals surface area (Å²) in [5, 5.41) is 3.14. The van der Waals surface area contributed by atoms with Crippen LogP contribution in [0.1, 0.15) is 52.4 Å². The number of amides is 2. The van der Waals surface area contributed by atoms with E-state index >= 15 is 0 Å². The van der Waals surface area contributed by atoms with E-state index in [9.17, 15) is 9.59 Å². The second kappa shape index (κ2) is 5.49. The minimum absolute atomic E-state index is 0.0907. The van der Waals surface area contributed by atoms with Crippen LogP contribution in [-0.4, -0.2) is 45.8 Å². The maximum absolute atomic E-state index is 13.1. The van der Waals surface area contributed by atoms with Crippen molar-refractivity contribution in [3.05, 3.63) is 0 Å². The summed E-state index contributed by atoms with van der Waals surface area (Å²) in [6, 6.07) is 0. The van der Waals surface area contributed by atoms with Crippen LogP contribution in [0.4, 0.5) is 0 Å². The van der Waals surface area contributed by atoms with Gasteiger partial charge in [0, 0.05) is 12.3 Å². The lowest BCUT2D eigenvalue weighted by molar-refractivity contribution is -0.163. The zero-order valence-electron chi connectivity index (χ0n) is 13.1. The zero-order chi connectivity index (χ0) is 15.1. The molecule has 5 heteroatoms. The molecule has 21 heavy (non-hydrogen) atoms. The third kappa shape index (κ3) is 2.37. The van der Waals surface area contributed by atoms with E-state index in [2.05, 4.69) is 12.2 Å². The molecule has 0 bridgehead atoms. The molecule has 0 aromatic carbocycles. The molecule has 2 aliphatic carbocycles. The summed E-state index contributed by atoms with van der Waals surface area (Å²) in [7, 11) is 0. The molecule has 1 unspecified atom stereocenters. The average molecular weight is 310 g/mol. The van der Waals surface area contributed by atoms with E-state index < -0.39 is 11.1 Å². The molecule has 1 heterocycles. The normalized spacial score (nSPS) is 31.8. The highest BCUT2D eigenvalue weighted by atomic mass is 32.2. The van der Waals surface area contributed by atoms with Crippen molar-refractivity contribution in [2.45, 2.75) is 63.5 Å². The fourth-order valence-corrected chi connectivity index (χ4v) is 4.59. The van der Waals surface area contributed by atoms with E-state index in [-0.39, 0.29) is 11.8 Å². The minimum atomic E-state index is -0.612. The summed E-state index contributed by atoms with van der Waals surface area (Å²) in [6.07, 6.45) is 5.86. The lowest BCUT2D eigenvalue weighted by Crippen LogP contribution is -2.75. The van der Waals surface area contributed by atoms with E-state index in [4.69, 9.17) is 0 Å². The molecule has 3 fully saturated rings. The summed E-state index contributed by atoms with van der Waals surface area (Å²) >= 11 is 1.84. The fraction of sp³-hybridized carbons (Fsp3) is 0.875. The molecule has 118 valence electrons. The first-order chi connectivity index (χ1) is 10.0. The Kier molecular flexibility index (Phi) is 3.97. The first kappa shape index (κ1) is 15.2. The van der Waals surface area contributed by atoms with Crippen molar-refractivity contribution in [3.8, 4) is 0 Å². The molecule has 1 spiro atoms. The highest BCUT2D eigenvalue weighted by Gasteiger charge is 2.61. The zero-order valence-corrected chi connectivity index (χ0v) is 13.9. The largest absolute Gasteiger partial charge is 0.340 e. The highest BCUT2D eigenvalue weighted by Crippen LogP contribution is 2.47. The Hall–Kier alpha value is -0.710. The quantitative estimate of drug-likeness (QED) is 0.792. The summed E-state index contributed by atoms with van der Waals surface area (Å²) < 4.78 is 0. The Labute approximate surface area is 131 Å². The molecule has 1 N–H and O–H groups in total. The third-order valence-electron chi connectivity index (χ3n) is 5.52. The number of hydrogen-bond acceptors (Lipinski definition) is 3. The van der Waals surface area contributed by atoms with Gasteiger partial charge in [-0.25, -0.2) is 0 Å². The minimum Gasteiger partial charge on any atom is -0.340 e. The van der Waals surface area contributed by atoms with Gasteiger partial charge in [-0.3, -0.25) is 9.59 Å². The number of nitrogens with zero attached hydrogens (tertiary/aromatic N) is 1. The van der Waals surface area contributed by atoms with Gasteiger partial charge >= 0.3 is 0 Å². The van der Waals surface area contributed by atoms with Gasteiger partial charge in [0.05, 0.1) is 0 Å². The van der Waals surface area contributed by atoms with Crippen LogP contribution in [0.15, 0.2) is 0 Å². The van der Waals surface area contributed by atoms with Crippen LogP contribution in [0.3, 0.4) is 0 Å². The van der Waals surface area contributed by atoms with Gasteiger partial charge in [-0.2, -0.15) is 11.8 Å². The molecular formula is C16H26N2O2S. The monoisotopic (exact) mass is 310 g/mol. The van der Waals surface area contributed by atoms with Gasteiger partial charge in [-0.1, -0.05) is 19.8 Å². The molecule has 2 amide bonds. The molecule has 1 aliphatic heterocycles. The van der Waals surface area contributed by atoms with Gasteiger partial charge in [0.1, 0.15) is 11.1 Å². The number of rotatable bonds is 5. The second-order valence-corrected chi connectivity index (χ2v) is 8.21. The molecule has 4 nitrogen and oxygen atoms in total. The van der Waals surface area contributed by atoms with Crippen LogP contribution in [0.25, 0.3) is 0 Å². The van der Waals surface area contributed by atoms with Crippen molar-refractivity contribution in [2.24, 2.45) is 5.92 Å². The van der Waals surface area contributed by atoms with Crippen molar-refractivity contribution >= 4 is 23.6 Å². The van der Waals surface area contributed by atoms with E-state index in [1.807, 2.05) is 23.6 Å². The lowest BCUT2D eigenvalue weighted by Gasteiger charge is -2.50. The number of piperazine rings is 1. The first-order valence-corrected chi connectivity index (χ1v) is 9.42. The molecule has 0 aromatic rings. The summed E-state index contributed by atoms with van der Waals surface area (Å²) in [5.74, 6) is 2.61. The van der Waals surface area contributed by atoms with E-state index in [0.29, 0.717) is 12.5 Å². The molecule has 1 atom stereocenters. The molecular weight excluding hydrogens is 284 g/mol. The molecule has 0 aromatic heterocycles. The number of nitrogens with one attached hydrogen (secondary N) is 1. The van der Waals surface area contributed by atoms with Crippen LogP contribution in [0.2, 0.25) is 0 Å². The lowest BCUT2D eigenvalue weighted by atomic mass is 9.82. The number of carbonyl (C=O) groups excluding carboxylic acids is 2. The van der Waals surface area contributed by atoms with Crippen molar-refractivity contribution in [1.29, 1.82) is 0 Å². The van der Waals surface area contributed by atoms with E-state index in [0.717, 1.165) is 50.0 Å².